The van der Waals surface area contributed by atoms with Crippen LogP contribution >= 0.6 is 0 Å². The predicted molar refractivity (Wildman–Crippen MR) is 71.0 cm³/mol. The second-order valence-corrected chi connectivity index (χ2v) is 5.13. The van der Waals surface area contributed by atoms with Gasteiger partial charge in [0, 0.05) is 23.4 Å². The number of hydrogen-bond donors (Lipinski definition) is 2. The van der Waals surface area contributed by atoms with Crippen molar-refractivity contribution in [1.82, 2.24) is 15.5 Å². The number of nitrogens with one attached hydrogen (secondary N) is 2. The first-order valence-corrected chi connectivity index (χ1v) is 6.67. The number of nitrogens with zero attached hydrogens (tertiary/aromatic N) is 1. The van der Waals surface area contributed by atoms with Crippen LogP contribution in [-0.4, -0.2) is 16.2 Å². The van der Waals surface area contributed by atoms with Gasteiger partial charge >= 0.3 is 0 Å². The summed E-state index contributed by atoms with van der Waals surface area (Å²) < 4.78 is 11.3. The lowest BCUT2D eigenvalue weighted by Crippen LogP contribution is -2.14. The Hall–Kier alpha value is -1.75. The average Bonchev–Trinajstić information content (AvgIpc) is 3.02. The summed E-state index contributed by atoms with van der Waals surface area (Å²) >= 11 is 0. The molecule has 0 radical (unpaired) electrons. The van der Waals surface area contributed by atoms with Crippen molar-refractivity contribution in [2.45, 2.75) is 45.9 Å². The van der Waals surface area contributed by atoms with E-state index < -0.39 is 0 Å². The molecule has 1 aliphatic carbocycles. The predicted octanol–water partition coefficient (Wildman–Crippen LogP) is 2.45. The molecule has 0 unspecified atom stereocenters. The summed E-state index contributed by atoms with van der Waals surface area (Å²) in [5.74, 6) is 2.51. The fourth-order valence-corrected chi connectivity index (χ4v) is 1.97. The molecule has 1 fully saturated rings. The third-order valence-electron chi connectivity index (χ3n) is 3.27. The van der Waals surface area contributed by atoms with Crippen LogP contribution in [-0.2, 0) is 13.2 Å². The molecule has 2 aromatic rings. The van der Waals surface area contributed by atoms with Crippen LogP contribution in [0.15, 0.2) is 16.5 Å². The van der Waals surface area contributed by atoms with E-state index in [4.69, 9.17) is 9.15 Å². The van der Waals surface area contributed by atoms with Crippen molar-refractivity contribution in [1.29, 1.82) is 0 Å². The Morgan fingerprint density at radius 3 is 2.95 bits per heavy atom. The summed E-state index contributed by atoms with van der Waals surface area (Å²) in [5.41, 5.74) is 2.07. The maximum atomic E-state index is 5.72. The number of aromatic amines is 1. The maximum Gasteiger partial charge on any atom is 0.233 e. The molecule has 5 nitrogen and oxygen atoms in total. The van der Waals surface area contributed by atoms with E-state index in [1.807, 2.05) is 19.9 Å². The Bertz CT molecular complexity index is 555. The molecule has 2 aromatic heterocycles. The molecule has 0 bridgehead atoms. The maximum absolute atomic E-state index is 5.72. The second kappa shape index (κ2) is 5.09. The van der Waals surface area contributed by atoms with Gasteiger partial charge in [-0.2, -0.15) is 0 Å². The van der Waals surface area contributed by atoms with E-state index in [2.05, 4.69) is 21.6 Å². The van der Waals surface area contributed by atoms with Crippen molar-refractivity contribution in [3.05, 3.63) is 34.9 Å². The molecule has 5 heteroatoms. The number of aryl methyl sites for hydroxylation is 2. The van der Waals surface area contributed by atoms with Gasteiger partial charge in [-0.05, 0) is 32.8 Å². The Balaban J connectivity index is 1.57. The topological polar surface area (TPSA) is 63.1 Å². The number of ether oxygens (including phenoxy) is 1. The van der Waals surface area contributed by atoms with Gasteiger partial charge in [0.25, 0.3) is 0 Å². The zero-order valence-electron chi connectivity index (χ0n) is 11.3. The van der Waals surface area contributed by atoms with Gasteiger partial charge < -0.3 is 14.5 Å². The van der Waals surface area contributed by atoms with Crippen molar-refractivity contribution < 1.29 is 9.15 Å². The van der Waals surface area contributed by atoms with Crippen LogP contribution in [0.1, 0.15) is 35.6 Å². The van der Waals surface area contributed by atoms with E-state index in [-0.39, 0.29) is 0 Å². The number of hydrogen-bond acceptors (Lipinski definition) is 4. The molecule has 0 aromatic carbocycles. The molecular weight excluding hydrogens is 242 g/mol. The van der Waals surface area contributed by atoms with Crippen molar-refractivity contribution in [2.75, 3.05) is 0 Å². The van der Waals surface area contributed by atoms with Crippen molar-refractivity contribution >= 4 is 0 Å². The van der Waals surface area contributed by atoms with Crippen LogP contribution in [0.3, 0.4) is 0 Å². The fourth-order valence-electron chi connectivity index (χ4n) is 1.97. The van der Waals surface area contributed by atoms with E-state index in [0.717, 1.165) is 29.3 Å². The van der Waals surface area contributed by atoms with Crippen molar-refractivity contribution in [2.24, 2.45) is 0 Å². The SMILES string of the molecule is Cc1cc(OCc2cc(CNC3CC3)oc2C)n[nH]1. The van der Waals surface area contributed by atoms with Gasteiger partial charge in [-0.3, -0.25) is 5.10 Å². The van der Waals surface area contributed by atoms with Crippen LogP contribution in [0.2, 0.25) is 0 Å². The molecular formula is C14H19N3O2. The largest absolute Gasteiger partial charge is 0.472 e. The number of rotatable bonds is 6. The first-order valence-electron chi connectivity index (χ1n) is 6.67. The van der Waals surface area contributed by atoms with E-state index >= 15 is 0 Å². The zero-order valence-corrected chi connectivity index (χ0v) is 11.3. The summed E-state index contributed by atoms with van der Waals surface area (Å²) in [5, 5.41) is 10.3. The smallest absolute Gasteiger partial charge is 0.233 e. The normalized spacial score (nSPS) is 14.8. The molecule has 0 spiro atoms. The molecule has 0 atom stereocenters. The minimum absolute atomic E-state index is 0.489. The highest BCUT2D eigenvalue weighted by Crippen LogP contribution is 2.21. The van der Waals surface area contributed by atoms with E-state index in [1.165, 1.54) is 12.8 Å². The van der Waals surface area contributed by atoms with Crippen LogP contribution in [0, 0.1) is 13.8 Å². The van der Waals surface area contributed by atoms with E-state index in [1.54, 1.807) is 0 Å². The minimum atomic E-state index is 0.489. The highest BCUT2D eigenvalue weighted by molar-refractivity contribution is 5.21. The lowest BCUT2D eigenvalue weighted by atomic mass is 10.2. The summed E-state index contributed by atoms with van der Waals surface area (Å²) in [4.78, 5) is 0. The first kappa shape index (κ1) is 12.3. The zero-order chi connectivity index (χ0) is 13.2. The molecule has 0 aliphatic heterocycles. The number of aromatic nitrogens is 2. The van der Waals surface area contributed by atoms with E-state index in [0.29, 0.717) is 18.5 Å². The van der Waals surface area contributed by atoms with Gasteiger partial charge in [0.15, 0.2) is 0 Å². The number of H-pyrrole nitrogens is 1. The minimum Gasteiger partial charge on any atom is -0.472 e. The molecule has 0 amide bonds. The summed E-state index contributed by atoms with van der Waals surface area (Å²) in [7, 11) is 0. The lowest BCUT2D eigenvalue weighted by Gasteiger charge is -1.99. The van der Waals surface area contributed by atoms with Crippen molar-refractivity contribution in [3.63, 3.8) is 0 Å². The van der Waals surface area contributed by atoms with Crippen LogP contribution in [0.5, 0.6) is 5.88 Å². The van der Waals surface area contributed by atoms with Gasteiger partial charge in [0.2, 0.25) is 5.88 Å². The third kappa shape index (κ3) is 3.17. The Labute approximate surface area is 112 Å². The van der Waals surface area contributed by atoms with Gasteiger partial charge in [-0.15, -0.1) is 5.10 Å². The van der Waals surface area contributed by atoms with Gasteiger partial charge in [-0.1, -0.05) is 0 Å². The van der Waals surface area contributed by atoms with Crippen LogP contribution in [0.25, 0.3) is 0 Å². The summed E-state index contributed by atoms with van der Waals surface area (Å²) in [6, 6.07) is 4.63. The molecule has 2 heterocycles. The molecule has 3 rings (SSSR count). The second-order valence-electron chi connectivity index (χ2n) is 5.13. The Morgan fingerprint density at radius 1 is 1.42 bits per heavy atom. The number of furan rings is 1. The quantitative estimate of drug-likeness (QED) is 0.838. The molecule has 102 valence electrons. The van der Waals surface area contributed by atoms with Crippen molar-refractivity contribution in [3.8, 4) is 5.88 Å². The van der Waals surface area contributed by atoms with Gasteiger partial charge in [0.1, 0.15) is 18.1 Å². The summed E-state index contributed by atoms with van der Waals surface area (Å²) in [6.07, 6.45) is 2.57. The van der Waals surface area contributed by atoms with Gasteiger partial charge in [-0.25, -0.2) is 0 Å². The lowest BCUT2D eigenvalue weighted by molar-refractivity contribution is 0.290. The Morgan fingerprint density at radius 2 is 2.26 bits per heavy atom. The fraction of sp³-hybridized carbons (Fsp3) is 0.500. The standard InChI is InChI=1S/C14H19N3O2/c1-9-5-14(17-16-9)18-8-11-6-13(19-10(11)2)7-15-12-3-4-12/h5-6,12,15H,3-4,7-8H2,1-2H3,(H,16,17). The average molecular weight is 261 g/mol. The van der Waals surface area contributed by atoms with Crippen LogP contribution in [0.4, 0.5) is 0 Å². The monoisotopic (exact) mass is 261 g/mol. The first-order chi connectivity index (χ1) is 9.20. The van der Waals surface area contributed by atoms with Crippen LogP contribution < -0.4 is 10.1 Å². The third-order valence-corrected chi connectivity index (χ3v) is 3.27. The van der Waals surface area contributed by atoms with E-state index in [9.17, 15) is 0 Å². The molecule has 19 heavy (non-hydrogen) atoms. The Kier molecular flexibility index (Phi) is 3.29. The summed E-state index contributed by atoms with van der Waals surface area (Å²) in [6.45, 7) is 5.20. The highest BCUT2D eigenvalue weighted by Gasteiger charge is 2.20. The molecule has 1 aliphatic rings. The van der Waals surface area contributed by atoms with Gasteiger partial charge in [0.05, 0.1) is 6.54 Å². The molecule has 2 N–H and O–H groups in total. The highest BCUT2D eigenvalue weighted by atomic mass is 16.5. The molecule has 0 saturated heterocycles. The molecule has 1 saturated carbocycles.